The summed E-state index contributed by atoms with van der Waals surface area (Å²) < 4.78 is 19.0. The predicted octanol–water partition coefficient (Wildman–Crippen LogP) is 3.10. The molecule has 0 spiro atoms. The lowest BCUT2D eigenvalue weighted by Gasteiger charge is -2.18. The Labute approximate surface area is 180 Å². The third-order valence-corrected chi connectivity index (χ3v) is 6.06. The first-order valence-electron chi connectivity index (χ1n) is 10.4. The van der Waals surface area contributed by atoms with E-state index in [2.05, 4.69) is 17.3 Å². The summed E-state index contributed by atoms with van der Waals surface area (Å²) in [6.07, 6.45) is 2.35. The molecule has 0 bridgehead atoms. The number of likely N-dealkylation sites (N-methyl/N-ethyl adjacent to an activating group) is 2. The topological polar surface area (TPSA) is 53.1 Å². The van der Waals surface area contributed by atoms with Crippen LogP contribution >= 0.6 is 0 Å². The second-order valence-electron chi connectivity index (χ2n) is 7.21. The van der Waals surface area contributed by atoms with Gasteiger partial charge in [-0.3, -0.25) is 4.79 Å². The number of hydrogen-bond donors (Lipinski definition) is 0. The third-order valence-electron chi connectivity index (χ3n) is 4.39. The Bertz CT molecular complexity index is 617. The van der Waals surface area contributed by atoms with Crippen molar-refractivity contribution in [1.29, 1.82) is 0 Å². The minimum atomic E-state index is -0.945. The van der Waals surface area contributed by atoms with E-state index in [0.717, 1.165) is 36.6 Å². The molecule has 1 saturated heterocycles. The van der Waals surface area contributed by atoms with Crippen molar-refractivity contribution in [2.45, 2.75) is 45.4 Å². The van der Waals surface area contributed by atoms with Gasteiger partial charge in [-0.2, -0.15) is 0 Å². The summed E-state index contributed by atoms with van der Waals surface area (Å²) >= 11 is 0. The van der Waals surface area contributed by atoms with Crippen LogP contribution in [0, 0.1) is 13.8 Å². The Hall–Kier alpha value is -1.28. The van der Waals surface area contributed by atoms with E-state index < -0.39 is 11.0 Å². The van der Waals surface area contributed by atoms with Crippen LogP contribution in [0.25, 0.3) is 0 Å². The zero-order valence-electron chi connectivity index (χ0n) is 19.7. The van der Waals surface area contributed by atoms with Gasteiger partial charge >= 0.3 is 0 Å². The number of carbonyl (C=O) groups excluding carboxylic acids is 1. The molecule has 1 aromatic carbocycles. The molecule has 1 fully saturated rings. The summed E-state index contributed by atoms with van der Waals surface area (Å²) in [7, 11) is 6.32. The molecule has 1 aromatic rings. The summed E-state index contributed by atoms with van der Waals surface area (Å²) in [6, 6.07) is 6.14. The van der Waals surface area contributed by atoms with Gasteiger partial charge in [0.25, 0.3) is 0 Å². The van der Waals surface area contributed by atoms with Crippen LogP contribution < -0.4 is 0 Å². The maximum absolute atomic E-state index is 12.2. The maximum atomic E-state index is 12.2. The van der Waals surface area contributed by atoms with Gasteiger partial charge in [-0.1, -0.05) is 31.5 Å². The van der Waals surface area contributed by atoms with Crippen LogP contribution in [0.1, 0.15) is 37.8 Å². The Balaban J connectivity index is 0.000000512. The molecule has 1 amide bonds. The monoisotopic (exact) mass is 427 g/mol. The number of ether oxygens (including phenoxy) is 1. The van der Waals surface area contributed by atoms with Crippen LogP contribution in [0.2, 0.25) is 0 Å². The molecule has 2 rings (SSSR count). The highest BCUT2D eigenvalue weighted by molar-refractivity contribution is 7.82. The molecular formula is C22H41N3O3S. The van der Waals surface area contributed by atoms with Crippen LogP contribution in [0.15, 0.2) is 23.1 Å². The molecule has 0 radical (unpaired) electrons. The number of methoxy groups -OCH3 is 1. The van der Waals surface area contributed by atoms with Gasteiger partial charge in [0.05, 0.1) is 4.90 Å². The number of aryl methyl sites for hydroxylation is 2. The minimum absolute atomic E-state index is 0.0272. The molecule has 1 unspecified atom stereocenters. The number of benzene rings is 1. The van der Waals surface area contributed by atoms with Crippen molar-refractivity contribution in [3.05, 3.63) is 29.3 Å². The van der Waals surface area contributed by atoms with Gasteiger partial charge in [0.15, 0.2) is 0 Å². The van der Waals surface area contributed by atoms with Crippen molar-refractivity contribution < 1.29 is 13.7 Å². The van der Waals surface area contributed by atoms with Crippen LogP contribution in [0.3, 0.4) is 0 Å². The van der Waals surface area contributed by atoms with Crippen molar-refractivity contribution >= 4 is 16.9 Å². The molecule has 1 aliphatic heterocycles. The van der Waals surface area contributed by atoms with E-state index >= 15 is 0 Å². The molecule has 1 aliphatic rings. The summed E-state index contributed by atoms with van der Waals surface area (Å²) in [5.41, 5.74) is 2.37. The first-order chi connectivity index (χ1) is 13.8. The van der Waals surface area contributed by atoms with E-state index in [1.165, 1.54) is 25.5 Å². The zero-order chi connectivity index (χ0) is 22.4. The highest BCUT2D eigenvalue weighted by atomic mass is 32.2. The predicted molar refractivity (Wildman–Crippen MR) is 123 cm³/mol. The number of nitrogens with zero attached hydrogens (tertiary/aromatic N) is 3. The van der Waals surface area contributed by atoms with Gasteiger partial charge in [-0.05, 0) is 52.4 Å². The lowest BCUT2D eigenvalue weighted by Crippen LogP contribution is -2.35. The molecular weight excluding hydrogens is 386 g/mol. The number of amides is 1. The van der Waals surface area contributed by atoms with Crippen LogP contribution in [0.4, 0.5) is 0 Å². The summed E-state index contributed by atoms with van der Waals surface area (Å²) in [4.78, 5) is 15.8. The summed E-state index contributed by atoms with van der Waals surface area (Å²) in [6.45, 7) is 11.8. The fraction of sp³-hybridized carbons (Fsp3) is 0.682. The van der Waals surface area contributed by atoms with Crippen molar-refractivity contribution in [3.8, 4) is 0 Å². The molecule has 0 aliphatic carbocycles. The van der Waals surface area contributed by atoms with E-state index in [1.807, 2.05) is 51.9 Å². The van der Waals surface area contributed by atoms with Gasteiger partial charge in [0.2, 0.25) is 5.91 Å². The zero-order valence-corrected chi connectivity index (χ0v) is 20.5. The standard InChI is InChI=1S/C12H17NOS.C8H18N2O2.C2H6/c1-10-5-6-12(11(2)9-10)15(14)13-7-3-4-8-13;1-9(2)5-6-10(3)8(11)7-12-4;1-2/h5-6,9H,3-4,7-8H2,1-2H3;5-7H2,1-4H3;1-2H3. The Morgan fingerprint density at radius 1 is 1.10 bits per heavy atom. The Morgan fingerprint density at radius 3 is 2.17 bits per heavy atom. The quantitative estimate of drug-likeness (QED) is 0.671. The second kappa shape index (κ2) is 15.5. The summed E-state index contributed by atoms with van der Waals surface area (Å²) in [5, 5.41) is 0. The van der Waals surface area contributed by atoms with Crippen LogP contribution in [0.5, 0.6) is 0 Å². The van der Waals surface area contributed by atoms with Gasteiger partial charge in [0, 0.05) is 40.3 Å². The first-order valence-corrected chi connectivity index (χ1v) is 11.5. The van der Waals surface area contributed by atoms with Crippen LogP contribution in [-0.4, -0.2) is 85.3 Å². The fourth-order valence-corrected chi connectivity index (χ4v) is 4.08. The van der Waals surface area contributed by atoms with E-state index in [1.54, 1.807) is 11.9 Å². The maximum Gasteiger partial charge on any atom is 0.248 e. The highest BCUT2D eigenvalue weighted by Crippen LogP contribution is 2.20. The average Bonchev–Trinajstić information content (AvgIpc) is 3.22. The molecule has 29 heavy (non-hydrogen) atoms. The van der Waals surface area contributed by atoms with Gasteiger partial charge < -0.3 is 14.5 Å². The normalized spacial score (nSPS) is 14.5. The SMILES string of the molecule is CC.COCC(=O)N(C)CCN(C)C.Cc1ccc(S(=O)N2CCCC2)c(C)c1. The lowest BCUT2D eigenvalue weighted by molar-refractivity contribution is -0.133. The van der Waals surface area contributed by atoms with E-state index in [9.17, 15) is 9.00 Å². The first kappa shape index (κ1) is 27.7. The number of rotatable bonds is 7. The van der Waals surface area contributed by atoms with E-state index in [0.29, 0.717) is 0 Å². The Kier molecular flexibility index (Phi) is 14.9. The van der Waals surface area contributed by atoms with E-state index in [4.69, 9.17) is 4.74 Å². The molecule has 1 atom stereocenters. The molecule has 0 saturated carbocycles. The molecule has 6 nitrogen and oxygen atoms in total. The minimum Gasteiger partial charge on any atom is -0.375 e. The molecule has 168 valence electrons. The number of hydrogen-bond acceptors (Lipinski definition) is 4. The number of carbonyl (C=O) groups is 1. The van der Waals surface area contributed by atoms with E-state index in [-0.39, 0.29) is 12.5 Å². The van der Waals surface area contributed by atoms with Crippen LogP contribution in [-0.2, 0) is 20.5 Å². The largest absolute Gasteiger partial charge is 0.375 e. The van der Waals surface area contributed by atoms with Crippen molar-refractivity contribution in [1.82, 2.24) is 14.1 Å². The smallest absolute Gasteiger partial charge is 0.248 e. The van der Waals surface area contributed by atoms with Crippen molar-refractivity contribution in [3.63, 3.8) is 0 Å². The molecule has 0 N–H and O–H groups in total. The van der Waals surface area contributed by atoms with Crippen molar-refractivity contribution in [2.24, 2.45) is 0 Å². The lowest BCUT2D eigenvalue weighted by atomic mass is 10.2. The molecule has 1 heterocycles. The van der Waals surface area contributed by atoms with Gasteiger partial charge in [-0.15, -0.1) is 0 Å². The highest BCUT2D eigenvalue weighted by Gasteiger charge is 2.20. The molecule has 7 heteroatoms. The van der Waals surface area contributed by atoms with Crippen molar-refractivity contribution in [2.75, 3.05) is 61.0 Å². The average molecular weight is 428 g/mol. The third kappa shape index (κ3) is 10.9. The van der Waals surface area contributed by atoms with Gasteiger partial charge in [0.1, 0.15) is 17.6 Å². The summed E-state index contributed by atoms with van der Waals surface area (Å²) in [5.74, 6) is 0.0272. The second-order valence-corrected chi connectivity index (χ2v) is 8.66. The molecule has 0 aromatic heterocycles. The Morgan fingerprint density at radius 2 is 1.69 bits per heavy atom. The van der Waals surface area contributed by atoms with Gasteiger partial charge in [-0.25, -0.2) is 8.51 Å². The fourth-order valence-electron chi connectivity index (χ4n) is 2.70.